The summed E-state index contributed by atoms with van der Waals surface area (Å²) >= 11 is 0. The van der Waals surface area contributed by atoms with E-state index in [1.54, 1.807) is 16.9 Å². The maximum absolute atomic E-state index is 12.5. The van der Waals surface area contributed by atoms with E-state index in [-0.39, 0.29) is 12.3 Å². The number of anilines is 1. The van der Waals surface area contributed by atoms with E-state index >= 15 is 0 Å². The van der Waals surface area contributed by atoms with Gasteiger partial charge < -0.3 is 9.73 Å². The van der Waals surface area contributed by atoms with Crippen LogP contribution in [0.5, 0.6) is 0 Å². The van der Waals surface area contributed by atoms with E-state index in [4.69, 9.17) is 4.42 Å². The average molecular weight is 372 g/mol. The van der Waals surface area contributed by atoms with Crippen LogP contribution < -0.4 is 5.32 Å². The molecule has 0 radical (unpaired) electrons. The van der Waals surface area contributed by atoms with Gasteiger partial charge in [0.15, 0.2) is 0 Å². The van der Waals surface area contributed by atoms with Crippen molar-refractivity contribution in [3.05, 3.63) is 89.9 Å². The monoisotopic (exact) mass is 372 g/mol. The summed E-state index contributed by atoms with van der Waals surface area (Å²) in [4.78, 5) is 16.9. The van der Waals surface area contributed by atoms with Crippen molar-refractivity contribution in [2.45, 2.75) is 19.9 Å². The molecule has 1 N–H and O–H groups in total. The van der Waals surface area contributed by atoms with Gasteiger partial charge in [-0.05, 0) is 24.6 Å². The molecular weight excluding hydrogens is 352 g/mol. The predicted molar refractivity (Wildman–Crippen MR) is 107 cm³/mol. The fraction of sp³-hybridized carbons (Fsp3) is 0.136. The zero-order valence-electron chi connectivity index (χ0n) is 15.5. The standard InChI is InChI=1S/C22H20N4O2/c1-16-6-5-7-17(12-16)14-26-20(10-11-23-26)25-21(27)13-19-15-28-22(24-19)18-8-3-2-4-9-18/h2-12,15H,13-14H2,1H3,(H,25,27). The highest BCUT2D eigenvalue weighted by atomic mass is 16.3. The smallest absolute Gasteiger partial charge is 0.231 e. The van der Waals surface area contributed by atoms with Crippen LogP contribution in [0.3, 0.4) is 0 Å². The van der Waals surface area contributed by atoms with Gasteiger partial charge in [0.2, 0.25) is 11.8 Å². The Morgan fingerprint density at radius 3 is 2.79 bits per heavy atom. The van der Waals surface area contributed by atoms with Gasteiger partial charge in [-0.25, -0.2) is 9.67 Å². The molecule has 0 unspecified atom stereocenters. The summed E-state index contributed by atoms with van der Waals surface area (Å²) in [5, 5.41) is 7.22. The number of hydrogen-bond donors (Lipinski definition) is 1. The zero-order valence-corrected chi connectivity index (χ0v) is 15.5. The van der Waals surface area contributed by atoms with Gasteiger partial charge in [-0.3, -0.25) is 4.79 Å². The van der Waals surface area contributed by atoms with E-state index in [9.17, 15) is 4.79 Å². The molecule has 0 aliphatic rings. The van der Waals surface area contributed by atoms with Crippen LogP contribution in [0.25, 0.3) is 11.5 Å². The number of oxazole rings is 1. The molecule has 6 nitrogen and oxygen atoms in total. The lowest BCUT2D eigenvalue weighted by Gasteiger charge is -2.09. The summed E-state index contributed by atoms with van der Waals surface area (Å²) in [5.41, 5.74) is 3.78. The van der Waals surface area contributed by atoms with Crippen molar-refractivity contribution in [3.63, 3.8) is 0 Å². The van der Waals surface area contributed by atoms with Crippen LogP contribution in [0, 0.1) is 6.92 Å². The number of aromatic nitrogens is 3. The first-order chi connectivity index (χ1) is 13.7. The third kappa shape index (κ3) is 4.17. The first kappa shape index (κ1) is 17.7. The van der Waals surface area contributed by atoms with Gasteiger partial charge in [-0.15, -0.1) is 0 Å². The van der Waals surface area contributed by atoms with Crippen molar-refractivity contribution < 1.29 is 9.21 Å². The Morgan fingerprint density at radius 2 is 1.96 bits per heavy atom. The number of aryl methyl sites for hydroxylation is 1. The molecule has 140 valence electrons. The topological polar surface area (TPSA) is 73.0 Å². The number of amides is 1. The second kappa shape index (κ2) is 7.92. The fourth-order valence-electron chi connectivity index (χ4n) is 3.00. The number of rotatable bonds is 6. The van der Waals surface area contributed by atoms with Crippen molar-refractivity contribution >= 4 is 11.7 Å². The van der Waals surface area contributed by atoms with Gasteiger partial charge in [0.1, 0.15) is 12.1 Å². The molecule has 0 fully saturated rings. The molecule has 2 aromatic heterocycles. The molecule has 0 bridgehead atoms. The highest BCUT2D eigenvalue weighted by Crippen LogP contribution is 2.18. The summed E-state index contributed by atoms with van der Waals surface area (Å²) < 4.78 is 7.26. The molecule has 0 saturated heterocycles. The Hall–Kier alpha value is -3.67. The number of nitrogens with one attached hydrogen (secondary N) is 1. The van der Waals surface area contributed by atoms with E-state index in [0.29, 0.717) is 23.9 Å². The molecule has 2 heterocycles. The molecule has 0 spiro atoms. The quantitative estimate of drug-likeness (QED) is 0.554. The number of nitrogens with zero attached hydrogens (tertiary/aromatic N) is 3. The largest absolute Gasteiger partial charge is 0.444 e. The van der Waals surface area contributed by atoms with Gasteiger partial charge in [0, 0.05) is 11.6 Å². The lowest BCUT2D eigenvalue weighted by Crippen LogP contribution is -2.18. The lowest BCUT2D eigenvalue weighted by molar-refractivity contribution is -0.115. The van der Waals surface area contributed by atoms with E-state index in [1.165, 1.54) is 11.8 Å². The summed E-state index contributed by atoms with van der Waals surface area (Å²) in [6, 6.07) is 19.6. The second-order valence-electron chi connectivity index (χ2n) is 6.60. The Morgan fingerprint density at radius 1 is 1.11 bits per heavy atom. The van der Waals surface area contributed by atoms with Gasteiger partial charge in [-0.1, -0.05) is 48.0 Å². The first-order valence-electron chi connectivity index (χ1n) is 9.04. The van der Waals surface area contributed by atoms with Crippen LogP contribution in [0.2, 0.25) is 0 Å². The highest BCUT2D eigenvalue weighted by molar-refractivity contribution is 5.91. The molecule has 0 atom stereocenters. The maximum atomic E-state index is 12.5. The third-order valence-corrected chi connectivity index (χ3v) is 4.31. The van der Waals surface area contributed by atoms with Gasteiger partial charge in [0.25, 0.3) is 0 Å². The molecule has 1 amide bonds. The van der Waals surface area contributed by atoms with Gasteiger partial charge in [-0.2, -0.15) is 5.10 Å². The van der Waals surface area contributed by atoms with Gasteiger partial charge >= 0.3 is 0 Å². The number of carbonyl (C=O) groups is 1. The van der Waals surface area contributed by atoms with E-state index in [0.717, 1.165) is 11.1 Å². The predicted octanol–water partition coefficient (Wildman–Crippen LogP) is 4.08. The molecule has 4 rings (SSSR count). The highest BCUT2D eigenvalue weighted by Gasteiger charge is 2.12. The molecule has 6 heteroatoms. The molecule has 4 aromatic rings. The van der Waals surface area contributed by atoms with Gasteiger partial charge in [0.05, 0.1) is 24.9 Å². The minimum Gasteiger partial charge on any atom is -0.444 e. The minimum atomic E-state index is -0.168. The van der Waals surface area contributed by atoms with Crippen LogP contribution in [0.1, 0.15) is 16.8 Å². The van der Waals surface area contributed by atoms with E-state index < -0.39 is 0 Å². The lowest BCUT2D eigenvalue weighted by atomic mass is 10.1. The first-order valence-corrected chi connectivity index (χ1v) is 9.04. The number of carbonyl (C=O) groups excluding carboxylic acids is 1. The maximum Gasteiger partial charge on any atom is 0.231 e. The molecule has 28 heavy (non-hydrogen) atoms. The van der Waals surface area contributed by atoms with E-state index in [2.05, 4.69) is 34.5 Å². The zero-order chi connectivity index (χ0) is 19.3. The molecule has 0 aliphatic carbocycles. The Balaban J connectivity index is 1.41. The Bertz CT molecular complexity index is 1080. The van der Waals surface area contributed by atoms with Crippen LogP contribution in [0.4, 0.5) is 5.82 Å². The molecule has 0 aliphatic heterocycles. The molecular formula is C22H20N4O2. The summed E-state index contributed by atoms with van der Waals surface area (Å²) in [5.74, 6) is 0.991. The SMILES string of the molecule is Cc1cccc(Cn2nccc2NC(=O)Cc2coc(-c3ccccc3)n2)c1. The number of benzene rings is 2. The minimum absolute atomic E-state index is 0.131. The third-order valence-electron chi connectivity index (χ3n) is 4.31. The Labute approximate surface area is 162 Å². The van der Waals surface area contributed by atoms with Crippen molar-refractivity contribution in [1.29, 1.82) is 0 Å². The van der Waals surface area contributed by atoms with Crippen LogP contribution in [0.15, 0.2) is 77.5 Å². The van der Waals surface area contributed by atoms with Crippen molar-refractivity contribution in [2.24, 2.45) is 0 Å². The Kier molecular flexibility index (Phi) is 5.01. The van der Waals surface area contributed by atoms with Crippen LogP contribution >= 0.6 is 0 Å². The fourth-order valence-corrected chi connectivity index (χ4v) is 3.00. The van der Waals surface area contributed by atoms with Crippen molar-refractivity contribution in [2.75, 3.05) is 5.32 Å². The van der Waals surface area contributed by atoms with Crippen LogP contribution in [-0.4, -0.2) is 20.7 Å². The van der Waals surface area contributed by atoms with Crippen LogP contribution in [-0.2, 0) is 17.8 Å². The molecule has 0 saturated carbocycles. The van der Waals surface area contributed by atoms with Crippen molar-refractivity contribution in [1.82, 2.24) is 14.8 Å². The van der Waals surface area contributed by atoms with Crippen molar-refractivity contribution in [3.8, 4) is 11.5 Å². The molecule has 2 aromatic carbocycles. The number of hydrogen-bond acceptors (Lipinski definition) is 4. The normalized spacial score (nSPS) is 10.8. The summed E-state index contributed by atoms with van der Waals surface area (Å²) in [7, 11) is 0. The summed E-state index contributed by atoms with van der Waals surface area (Å²) in [6.45, 7) is 2.64. The van der Waals surface area contributed by atoms with E-state index in [1.807, 2.05) is 42.5 Å². The average Bonchev–Trinajstić information content (AvgIpc) is 3.32. The second-order valence-corrected chi connectivity index (χ2v) is 6.60. The summed E-state index contributed by atoms with van der Waals surface area (Å²) in [6.07, 6.45) is 3.33.